The molecule has 1 aromatic rings. The van der Waals surface area contributed by atoms with Crippen LogP contribution in [0.1, 0.15) is 5.56 Å². The number of carboxylic acid groups (broad SMARTS) is 1. The van der Waals surface area contributed by atoms with Gasteiger partial charge in [0.15, 0.2) is 0 Å². The molecule has 1 aromatic carbocycles. The van der Waals surface area contributed by atoms with E-state index in [2.05, 4.69) is 10.6 Å². The van der Waals surface area contributed by atoms with Gasteiger partial charge in [-0.15, -0.1) is 0 Å². The fraction of sp³-hybridized carbons (Fsp3) is 0.273. The predicted octanol–water partition coefficient (Wildman–Crippen LogP) is 0.487. The van der Waals surface area contributed by atoms with Gasteiger partial charge in [-0.3, -0.25) is 14.9 Å². The lowest BCUT2D eigenvalue weighted by Gasteiger charge is -2.10. The van der Waals surface area contributed by atoms with Gasteiger partial charge in [-0.2, -0.15) is 0 Å². The van der Waals surface area contributed by atoms with Crippen LogP contribution in [-0.4, -0.2) is 35.7 Å². The third-order valence-corrected chi connectivity index (χ3v) is 2.31. The average molecular weight is 283 g/mol. The molecular weight excluding hydrogens is 270 g/mol. The highest BCUT2D eigenvalue weighted by atomic mass is 16.6. The molecule has 0 atom stereocenters. The van der Waals surface area contributed by atoms with Crippen LogP contribution in [0.2, 0.25) is 0 Å². The van der Waals surface area contributed by atoms with Crippen LogP contribution in [0.25, 0.3) is 0 Å². The highest BCUT2D eigenvalue weighted by molar-refractivity contribution is 5.79. The molecule has 108 valence electrons. The minimum atomic E-state index is -1.17. The minimum absolute atomic E-state index is 0.0314. The van der Waals surface area contributed by atoms with Crippen LogP contribution < -0.4 is 15.4 Å². The van der Waals surface area contributed by atoms with Gasteiger partial charge < -0.3 is 20.5 Å². The van der Waals surface area contributed by atoms with Gasteiger partial charge in [0.2, 0.25) is 0 Å². The number of methoxy groups -OCH3 is 1. The Kier molecular flexibility index (Phi) is 5.27. The zero-order chi connectivity index (χ0) is 15.1. The summed E-state index contributed by atoms with van der Waals surface area (Å²) in [6, 6.07) is 3.29. The first-order valence-corrected chi connectivity index (χ1v) is 5.49. The van der Waals surface area contributed by atoms with Gasteiger partial charge in [0.05, 0.1) is 12.0 Å². The van der Waals surface area contributed by atoms with Crippen LogP contribution in [0.3, 0.4) is 0 Å². The molecule has 0 aromatic heterocycles. The number of rotatable bonds is 6. The Balaban J connectivity index is 2.70. The summed E-state index contributed by atoms with van der Waals surface area (Å²) in [5.74, 6) is -0.790. The van der Waals surface area contributed by atoms with Crippen LogP contribution in [0.15, 0.2) is 18.2 Å². The van der Waals surface area contributed by atoms with E-state index in [-0.39, 0.29) is 12.2 Å². The van der Waals surface area contributed by atoms with E-state index in [1.54, 1.807) is 0 Å². The summed E-state index contributed by atoms with van der Waals surface area (Å²) in [5, 5.41) is 23.5. The number of benzene rings is 1. The second kappa shape index (κ2) is 6.92. The molecule has 0 aliphatic rings. The third-order valence-electron chi connectivity index (χ3n) is 2.31. The Morgan fingerprint density at radius 2 is 2.10 bits per heavy atom. The molecule has 0 fully saturated rings. The maximum absolute atomic E-state index is 11.3. The normalized spacial score (nSPS) is 9.65. The molecule has 3 N–H and O–H groups in total. The fourth-order valence-electron chi connectivity index (χ4n) is 1.41. The van der Waals surface area contributed by atoms with Crippen LogP contribution in [0, 0.1) is 10.1 Å². The van der Waals surface area contributed by atoms with Crippen molar-refractivity contribution in [2.24, 2.45) is 0 Å². The first-order valence-electron chi connectivity index (χ1n) is 5.49. The van der Waals surface area contributed by atoms with Crippen molar-refractivity contribution < 1.29 is 24.4 Å². The number of aliphatic carboxylic acids is 1. The Hall–Kier alpha value is -2.84. The molecule has 1 rings (SSSR count). The number of nitrogens with zero attached hydrogens (tertiary/aromatic N) is 1. The largest absolute Gasteiger partial charge is 0.496 e. The highest BCUT2D eigenvalue weighted by Crippen LogP contribution is 2.23. The van der Waals surface area contributed by atoms with Crippen LogP contribution in [-0.2, 0) is 11.3 Å². The highest BCUT2D eigenvalue weighted by Gasteiger charge is 2.12. The van der Waals surface area contributed by atoms with Gasteiger partial charge in [-0.25, -0.2) is 4.79 Å². The summed E-state index contributed by atoms with van der Waals surface area (Å²) in [5.41, 5.74) is 0.278. The Morgan fingerprint density at radius 1 is 1.40 bits per heavy atom. The molecular formula is C11H13N3O6. The number of nitro benzene ring substituents is 1. The number of hydrogen-bond donors (Lipinski definition) is 3. The molecule has 0 unspecified atom stereocenters. The first kappa shape index (κ1) is 15.2. The van der Waals surface area contributed by atoms with Crippen LogP contribution in [0.5, 0.6) is 5.75 Å². The van der Waals surface area contributed by atoms with Crippen molar-refractivity contribution in [3.63, 3.8) is 0 Å². The maximum atomic E-state index is 11.3. The van der Waals surface area contributed by atoms with Gasteiger partial charge in [-0.05, 0) is 6.07 Å². The number of urea groups is 1. The van der Waals surface area contributed by atoms with E-state index in [1.165, 1.54) is 25.3 Å². The number of carbonyl (C=O) groups excluding carboxylic acids is 1. The van der Waals surface area contributed by atoms with Crippen molar-refractivity contribution in [3.05, 3.63) is 33.9 Å². The van der Waals surface area contributed by atoms with E-state index >= 15 is 0 Å². The fourth-order valence-corrected chi connectivity index (χ4v) is 1.41. The molecule has 9 heteroatoms. The lowest BCUT2D eigenvalue weighted by molar-refractivity contribution is -0.384. The van der Waals surface area contributed by atoms with Gasteiger partial charge in [0.25, 0.3) is 5.69 Å². The quantitative estimate of drug-likeness (QED) is 0.514. The van der Waals surface area contributed by atoms with Crippen molar-refractivity contribution in [2.45, 2.75) is 6.54 Å². The van der Waals surface area contributed by atoms with Crippen molar-refractivity contribution in [1.82, 2.24) is 10.6 Å². The van der Waals surface area contributed by atoms with E-state index in [1.807, 2.05) is 0 Å². The molecule has 9 nitrogen and oxygen atoms in total. The molecule has 0 saturated carbocycles. The van der Waals surface area contributed by atoms with E-state index in [9.17, 15) is 19.7 Å². The van der Waals surface area contributed by atoms with E-state index in [4.69, 9.17) is 9.84 Å². The van der Waals surface area contributed by atoms with Gasteiger partial charge >= 0.3 is 12.0 Å². The van der Waals surface area contributed by atoms with Crippen LogP contribution >= 0.6 is 0 Å². The third kappa shape index (κ3) is 4.44. The number of amides is 2. The molecule has 0 aliphatic carbocycles. The Morgan fingerprint density at radius 3 is 2.65 bits per heavy atom. The number of hydrogen-bond acceptors (Lipinski definition) is 5. The maximum Gasteiger partial charge on any atom is 0.323 e. The lowest BCUT2D eigenvalue weighted by Crippen LogP contribution is -2.38. The van der Waals surface area contributed by atoms with Crippen molar-refractivity contribution in [3.8, 4) is 5.75 Å². The number of carbonyl (C=O) groups is 2. The standard InChI is InChI=1S/C11H13N3O6/c1-20-9-3-2-8(14(18)19)4-7(9)5-12-11(17)13-6-10(15)16/h2-4H,5-6H2,1H3,(H,15,16)(H2,12,13,17). The molecule has 0 saturated heterocycles. The SMILES string of the molecule is COc1ccc([N+](=O)[O-])cc1CNC(=O)NCC(=O)O. The average Bonchev–Trinajstić information content (AvgIpc) is 2.42. The Bertz CT molecular complexity index is 531. The van der Waals surface area contributed by atoms with Crippen LogP contribution in [0.4, 0.5) is 10.5 Å². The molecule has 0 spiro atoms. The summed E-state index contributed by atoms with van der Waals surface area (Å²) in [4.78, 5) is 31.6. The second-order valence-electron chi connectivity index (χ2n) is 3.68. The summed E-state index contributed by atoms with van der Waals surface area (Å²) in [7, 11) is 1.40. The lowest BCUT2D eigenvalue weighted by atomic mass is 10.2. The Labute approximate surface area is 113 Å². The summed E-state index contributed by atoms with van der Waals surface area (Å²) in [6.07, 6.45) is 0. The number of nitrogens with one attached hydrogen (secondary N) is 2. The smallest absolute Gasteiger partial charge is 0.323 e. The number of nitro groups is 1. The van der Waals surface area contributed by atoms with Gasteiger partial charge in [0.1, 0.15) is 12.3 Å². The molecule has 20 heavy (non-hydrogen) atoms. The van der Waals surface area contributed by atoms with Crippen molar-refractivity contribution >= 4 is 17.7 Å². The van der Waals surface area contributed by atoms with Crippen molar-refractivity contribution in [1.29, 1.82) is 0 Å². The number of carboxylic acids is 1. The molecule has 2 amide bonds. The second-order valence-corrected chi connectivity index (χ2v) is 3.68. The van der Waals surface area contributed by atoms with E-state index < -0.39 is 23.5 Å². The predicted molar refractivity (Wildman–Crippen MR) is 67.5 cm³/mol. The van der Waals surface area contributed by atoms with Gasteiger partial charge in [-0.1, -0.05) is 0 Å². The monoisotopic (exact) mass is 283 g/mol. The molecule has 0 aliphatic heterocycles. The molecule has 0 bridgehead atoms. The number of non-ortho nitro benzene ring substituents is 1. The summed E-state index contributed by atoms with van der Waals surface area (Å²) < 4.78 is 5.02. The van der Waals surface area contributed by atoms with E-state index in [0.29, 0.717) is 11.3 Å². The molecule has 0 radical (unpaired) electrons. The minimum Gasteiger partial charge on any atom is -0.496 e. The molecule has 0 heterocycles. The topological polar surface area (TPSA) is 131 Å². The summed E-state index contributed by atoms with van der Waals surface area (Å²) in [6.45, 7) is -0.547. The first-order chi connectivity index (χ1) is 9.43. The zero-order valence-corrected chi connectivity index (χ0v) is 10.6. The van der Waals surface area contributed by atoms with Gasteiger partial charge in [0, 0.05) is 24.2 Å². The zero-order valence-electron chi connectivity index (χ0n) is 10.6. The van der Waals surface area contributed by atoms with Crippen molar-refractivity contribution in [2.75, 3.05) is 13.7 Å². The number of ether oxygens (including phenoxy) is 1. The van der Waals surface area contributed by atoms with E-state index in [0.717, 1.165) is 0 Å². The summed E-state index contributed by atoms with van der Waals surface area (Å²) >= 11 is 0.